The van der Waals surface area contributed by atoms with Crippen molar-refractivity contribution in [3.8, 4) is 5.75 Å². The Morgan fingerprint density at radius 2 is 1.50 bits per heavy atom. The third-order valence-corrected chi connectivity index (χ3v) is 9.86. The molecule has 2 N–H and O–H groups in total. The van der Waals surface area contributed by atoms with E-state index in [1.54, 1.807) is 30.3 Å². The number of hydrogen-bond donors (Lipinski definition) is 2. The third-order valence-electron chi connectivity index (χ3n) is 7.48. The molecule has 4 aromatic rings. The zero-order chi connectivity index (χ0) is 31.1. The van der Waals surface area contributed by atoms with Gasteiger partial charge in [0.15, 0.2) is 0 Å². The van der Waals surface area contributed by atoms with Crippen LogP contribution in [0.1, 0.15) is 44.7 Å². The third kappa shape index (κ3) is 7.63. The molecule has 0 atom stereocenters. The van der Waals surface area contributed by atoms with Gasteiger partial charge in [0.1, 0.15) is 23.1 Å². The molecule has 0 spiro atoms. The molecular weight excluding hydrogens is 605 g/mol. The summed E-state index contributed by atoms with van der Waals surface area (Å²) in [6, 6.07) is 26.3. The number of piperidine rings is 1. The molecule has 0 saturated carbocycles. The summed E-state index contributed by atoms with van der Waals surface area (Å²) in [6.07, 6.45) is 2.32. The van der Waals surface area contributed by atoms with Crippen LogP contribution >= 0.6 is 11.6 Å². The lowest BCUT2D eigenvalue weighted by atomic mass is 9.91. The van der Waals surface area contributed by atoms with Crippen molar-refractivity contribution < 1.29 is 27.1 Å². The van der Waals surface area contributed by atoms with Crippen LogP contribution in [0.2, 0.25) is 5.02 Å². The van der Waals surface area contributed by atoms with Crippen LogP contribution in [-0.2, 0) is 23.1 Å². The van der Waals surface area contributed by atoms with Gasteiger partial charge in [-0.3, -0.25) is 20.4 Å². The van der Waals surface area contributed by atoms with E-state index in [1.807, 2.05) is 18.2 Å². The average molecular weight is 636 g/mol. The molecule has 1 saturated heterocycles. The number of halogens is 2. The van der Waals surface area contributed by atoms with Gasteiger partial charge >= 0.3 is 0 Å². The summed E-state index contributed by atoms with van der Waals surface area (Å²) in [5, 5.41) is 0.00391. The second-order valence-electron chi connectivity index (χ2n) is 10.5. The van der Waals surface area contributed by atoms with Crippen LogP contribution in [0.15, 0.2) is 102 Å². The van der Waals surface area contributed by atoms with Gasteiger partial charge in [-0.05, 0) is 78.8 Å². The van der Waals surface area contributed by atoms with Gasteiger partial charge in [-0.25, -0.2) is 12.8 Å². The molecule has 5 rings (SSSR count). The number of hydrogen-bond acceptors (Lipinski definition) is 5. The average Bonchev–Trinajstić information content (AvgIpc) is 3.04. The summed E-state index contributed by atoms with van der Waals surface area (Å²) < 4.78 is 47.4. The van der Waals surface area contributed by atoms with Gasteiger partial charge in [0.05, 0.1) is 10.6 Å². The number of benzene rings is 4. The first-order valence-electron chi connectivity index (χ1n) is 14.1. The van der Waals surface area contributed by atoms with E-state index in [0.29, 0.717) is 37.4 Å². The molecule has 0 aliphatic carbocycles. The molecule has 2 amide bonds. The van der Waals surface area contributed by atoms with E-state index in [-0.39, 0.29) is 39.2 Å². The number of nitrogens with zero attached hydrogens (tertiary/aromatic N) is 1. The maximum atomic E-state index is 13.5. The van der Waals surface area contributed by atoms with Gasteiger partial charge in [0, 0.05) is 18.7 Å². The zero-order valence-corrected chi connectivity index (χ0v) is 25.3. The quantitative estimate of drug-likeness (QED) is 0.227. The Balaban J connectivity index is 1.20. The predicted octanol–water partition coefficient (Wildman–Crippen LogP) is 5.78. The van der Waals surface area contributed by atoms with Crippen molar-refractivity contribution in [1.82, 2.24) is 15.2 Å². The van der Waals surface area contributed by atoms with Crippen LogP contribution in [-0.4, -0.2) is 37.6 Å². The van der Waals surface area contributed by atoms with E-state index >= 15 is 0 Å². The number of nitrogens with one attached hydrogen (secondary N) is 2. The molecule has 1 aliphatic heterocycles. The Kier molecular flexibility index (Phi) is 9.94. The fourth-order valence-corrected chi connectivity index (χ4v) is 7.03. The van der Waals surface area contributed by atoms with E-state index in [9.17, 15) is 22.4 Å². The van der Waals surface area contributed by atoms with Crippen molar-refractivity contribution in [2.75, 3.05) is 13.1 Å². The van der Waals surface area contributed by atoms with Gasteiger partial charge in [0.2, 0.25) is 10.0 Å². The number of hydrazine groups is 1. The summed E-state index contributed by atoms with van der Waals surface area (Å²) in [6.45, 7) is 0.806. The molecule has 4 aromatic carbocycles. The lowest BCUT2D eigenvalue weighted by molar-refractivity contribution is 0.0844. The first-order valence-corrected chi connectivity index (χ1v) is 15.9. The summed E-state index contributed by atoms with van der Waals surface area (Å²) in [4.78, 5) is 25.7. The molecular formula is C33H31ClFN3O5S. The molecule has 1 heterocycles. The minimum absolute atomic E-state index is 0.00391. The number of para-hydroxylation sites is 1. The van der Waals surface area contributed by atoms with Gasteiger partial charge in [-0.1, -0.05) is 66.2 Å². The van der Waals surface area contributed by atoms with Crippen molar-refractivity contribution in [3.63, 3.8) is 0 Å². The van der Waals surface area contributed by atoms with Crippen LogP contribution in [0, 0.1) is 11.7 Å². The monoisotopic (exact) mass is 635 g/mol. The highest BCUT2D eigenvalue weighted by atomic mass is 35.5. The van der Waals surface area contributed by atoms with E-state index in [0.717, 1.165) is 6.42 Å². The molecule has 1 fully saturated rings. The highest BCUT2D eigenvalue weighted by Crippen LogP contribution is 2.30. The molecule has 0 bridgehead atoms. The first-order chi connectivity index (χ1) is 21.2. The molecule has 11 heteroatoms. The summed E-state index contributed by atoms with van der Waals surface area (Å²) in [5.41, 5.74) is 6.77. The van der Waals surface area contributed by atoms with E-state index in [4.69, 9.17) is 16.3 Å². The fourth-order valence-electron chi connectivity index (χ4n) is 5.06. The molecule has 0 aromatic heterocycles. The van der Waals surface area contributed by atoms with Gasteiger partial charge < -0.3 is 4.74 Å². The number of sulfonamides is 1. The first kappa shape index (κ1) is 31.2. The van der Waals surface area contributed by atoms with Crippen LogP contribution in [0.25, 0.3) is 0 Å². The Morgan fingerprint density at radius 3 is 2.23 bits per heavy atom. The number of rotatable bonds is 9. The number of carbonyl (C=O) groups excluding carboxylic acids is 2. The van der Waals surface area contributed by atoms with Gasteiger partial charge in [-0.2, -0.15) is 4.31 Å². The van der Waals surface area contributed by atoms with E-state index < -0.39 is 21.8 Å². The van der Waals surface area contributed by atoms with Crippen LogP contribution in [0.3, 0.4) is 0 Å². The topological polar surface area (TPSA) is 105 Å². The van der Waals surface area contributed by atoms with E-state index in [1.165, 1.54) is 46.3 Å². The second-order valence-corrected chi connectivity index (χ2v) is 12.8. The van der Waals surface area contributed by atoms with Crippen molar-refractivity contribution in [3.05, 3.63) is 130 Å². The molecule has 0 radical (unpaired) electrons. The van der Waals surface area contributed by atoms with Crippen LogP contribution in [0.4, 0.5) is 4.39 Å². The van der Waals surface area contributed by atoms with E-state index in [2.05, 4.69) is 23.0 Å². The summed E-state index contributed by atoms with van der Waals surface area (Å²) in [7, 11) is -3.96. The number of ether oxygens (including phenoxy) is 1. The number of carbonyl (C=O) groups is 2. The molecule has 0 unspecified atom stereocenters. The van der Waals surface area contributed by atoms with Crippen molar-refractivity contribution in [1.29, 1.82) is 0 Å². The Hall–Kier alpha value is -4.25. The Bertz CT molecular complexity index is 1730. The maximum absolute atomic E-state index is 13.5. The molecule has 228 valence electrons. The van der Waals surface area contributed by atoms with Crippen molar-refractivity contribution in [2.24, 2.45) is 5.92 Å². The zero-order valence-electron chi connectivity index (χ0n) is 23.7. The normalized spacial score (nSPS) is 14.1. The van der Waals surface area contributed by atoms with Crippen molar-refractivity contribution in [2.45, 2.75) is 30.8 Å². The van der Waals surface area contributed by atoms with Crippen molar-refractivity contribution >= 4 is 33.4 Å². The Morgan fingerprint density at radius 1 is 0.841 bits per heavy atom. The molecule has 1 aliphatic rings. The fraction of sp³-hybridized carbons (Fsp3) is 0.212. The summed E-state index contributed by atoms with van der Waals surface area (Å²) >= 11 is 6.31. The largest absolute Gasteiger partial charge is 0.488 e. The lowest BCUT2D eigenvalue weighted by Gasteiger charge is -2.31. The van der Waals surface area contributed by atoms with Crippen LogP contribution in [0.5, 0.6) is 5.75 Å². The highest BCUT2D eigenvalue weighted by Gasteiger charge is 2.31. The molecule has 44 heavy (non-hydrogen) atoms. The predicted molar refractivity (Wildman–Crippen MR) is 165 cm³/mol. The smallest absolute Gasteiger partial charge is 0.273 e. The van der Waals surface area contributed by atoms with Crippen LogP contribution < -0.4 is 15.6 Å². The summed E-state index contributed by atoms with van der Waals surface area (Å²) in [5.74, 6) is -1.10. The standard InChI is InChI=1S/C33H31ClFN3O5S/c34-29-15-12-26(21-31(29)44(41,42)38-18-16-24(17-19-38)20-23-6-2-1-3-7-23)32(39)36-37-33(40)28-8-4-5-9-30(28)43-22-25-10-13-27(35)14-11-25/h1-15,21,24H,16-20,22H2,(H,36,39)(H,37,40). The Labute approximate surface area is 260 Å². The maximum Gasteiger partial charge on any atom is 0.273 e. The highest BCUT2D eigenvalue weighted by molar-refractivity contribution is 7.89. The van der Waals surface area contributed by atoms with Gasteiger partial charge in [0.25, 0.3) is 11.8 Å². The minimum Gasteiger partial charge on any atom is -0.488 e. The second kappa shape index (κ2) is 14.0. The van der Waals surface area contributed by atoms with Gasteiger partial charge in [-0.15, -0.1) is 0 Å². The SMILES string of the molecule is O=C(NNC(=O)c1ccccc1OCc1ccc(F)cc1)c1ccc(Cl)c(S(=O)(=O)N2CCC(Cc3ccccc3)CC2)c1. The lowest BCUT2D eigenvalue weighted by Crippen LogP contribution is -2.42. The minimum atomic E-state index is -3.96. The number of amides is 2. The molecule has 8 nitrogen and oxygen atoms in total.